The Hall–Kier alpha value is -4.71. The summed E-state index contributed by atoms with van der Waals surface area (Å²) in [4.78, 5) is 31.5. The predicted octanol–water partition coefficient (Wildman–Crippen LogP) is 8.32. The van der Waals surface area contributed by atoms with Gasteiger partial charge in [0.05, 0.1) is 22.5 Å². The number of nitrogens with one attached hydrogen (secondary N) is 4. The number of thioether (sulfide) groups is 1. The van der Waals surface area contributed by atoms with E-state index in [0.717, 1.165) is 84.6 Å². The maximum atomic E-state index is 13.2. The maximum Gasteiger partial charge on any atom is 0.240 e. The van der Waals surface area contributed by atoms with Crippen LogP contribution in [-0.2, 0) is 9.59 Å². The van der Waals surface area contributed by atoms with Gasteiger partial charge in [-0.1, -0.05) is 57.0 Å². The highest BCUT2D eigenvalue weighted by Crippen LogP contribution is 2.32. The Morgan fingerprint density at radius 1 is 0.962 bits per heavy atom. The van der Waals surface area contributed by atoms with Crippen molar-refractivity contribution >= 4 is 45.6 Å². The van der Waals surface area contributed by atoms with Gasteiger partial charge in [0.1, 0.15) is 11.6 Å². The molecular formula is C41H50FN7O2S. The van der Waals surface area contributed by atoms with Crippen molar-refractivity contribution in [2.75, 3.05) is 37.8 Å². The van der Waals surface area contributed by atoms with E-state index in [1.165, 1.54) is 23.3 Å². The molecule has 3 aromatic carbocycles. The van der Waals surface area contributed by atoms with Crippen LogP contribution in [0.25, 0.3) is 39.1 Å². The van der Waals surface area contributed by atoms with E-state index in [-0.39, 0.29) is 17.5 Å². The summed E-state index contributed by atoms with van der Waals surface area (Å²) in [6.07, 6.45) is 11.8. The number of ketones is 1. The topological polar surface area (TPSA) is 125 Å². The first-order valence-electron chi connectivity index (χ1n) is 17.8. The lowest BCUT2D eigenvalue weighted by Gasteiger charge is -2.26. The minimum Gasteiger partial charge on any atom is -0.325 e. The molecule has 0 unspecified atom stereocenters. The molecule has 0 spiro atoms. The van der Waals surface area contributed by atoms with Gasteiger partial charge in [-0.25, -0.2) is 14.4 Å². The fourth-order valence-electron chi connectivity index (χ4n) is 5.47. The molecule has 0 radical (unpaired) electrons. The van der Waals surface area contributed by atoms with Crippen LogP contribution in [0.2, 0.25) is 0 Å². The third kappa shape index (κ3) is 11.7. The molecule has 0 bridgehead atoms. The van der Waals surface area contributed by atoms with Gasteiger partial charge in [0, 0.05) is 41.1 Å². The molecule has 0 saturated heterocycles. The highest BCUT2D eigenvalue weighted by Gasteiger charge is 2.31. The lowest BCUT2D eigenvalue weighted by atomic mass is 9.99. The number of unbranched alkanes of at least 4 members (excludes halogenated alkanes) is 1. The summed E-state index contributed by atoms with van der Waals surface area (Å²) < 4.78 is 12.7. The number of hydrogen-bond donors (Lipinski definition) is 4. The Bertz CT molecular complexity index is 1900. The molecule has 9 nitrogen and oxygen atoms in total. The number of aromatic nitrogens is 4. The van der Waals surface area contributed by atoms with Gasteiger partial charge in [-0.2, -0.15) is 5.10 Å². The number of Topliss-reactive ketones (excluding diaryl/α,β-unsaturated/α-hetero) is 1. The Morgan fingerprint density at radius 3 is 2.25 bits per heavy atom. The van der Waals surface area contributed by atoms with Crippen molar-refractivity contribution in [2.24, 2.45) is 0 Å². The first-order chi connectivity index (χ1) is 25.2. The summed E-state index contributed by atoms with van der Waals surface area (Å²) in [6, 6.07) is 22.2. The summed E-state index contributed by atoms with van der Waals surface area (Å²) in [5.41, 5.74) is 6.95. The fourth-order valence-corrected chi connectivity index (χ4v) is 6.06. The van der Waals surface area contributed by atoms with E-state index in [4.69, 9.17) is 0 Å². The number of rotatable bonds is 12. The largest absolute Gasteiger partial charge is 0.325 e. The summed E-state index contributed by atoms with van der Waals surface area (Å²) >= 11 is 1.58. The van der Waals surface area contributed by atoms with Crippen LogP contribution in [0.4, 0.5) is 10.1 Å². The normalized spacial score (nSPS) is 13.5. The van der Waals surface area contributed by atoms with Crippen molar-refractivity contribution in [3.8, 4) is 22.6 Å². The van der Waals surface area contributed by atoms with E-state index in [0.29, 0.717) is 6.54 Å². The van der Waals surface area contributed by atoms with Gasteiger partial charge >= 0.3 is 0 Å². The number of amides is 1. The van der Waals surface area contributed by atoms with E-state index in [9.17, 15) is 14.0 Å². The molecule has 5 aromatic rings. The van der Waals surface area contributed by atoms with Gasteiger partial charge < -0.3 is 16.0 Å². The molecule has 3 heterocycles. The van der Waals surface area contributed by atoms with Crippen LogP contribution in [0.15, 0.2) is 91.3 Å². The van der Waals surface area contributed by atoms with Gasteiger partial charge in [-0.3, -0.25) is 14.7 Å². The van der Waals surface area contributed by atoms with Crippen LogP contribution < -0.4 is 16.0 Å². The Kier molecular flexibility index (Phi) is 15.7. The number of halogens is 1. The Morgan fingerprint density at radius 2 is 1.65 bits per heavy atom. The second kappa shape index (κ2) is 20.4. The zero-order valence-corrected chi connectivity index (χ0v) is 31.6. The summed E-state index contributed by atoms with van der Waals surface area (Å²) in [5, 5.41) is 17.5. The number of carbonyl (C=O) groups is 2. The van der Waals surface area contributed by atoms with Gasteiger partial charge in [0.15, 0.2) is 5.82 Å². The monoisotopic (exact) mass is 723 g/mol. The number of H-pyrrole nitrogens is 1. The number of aromatic amines is 1. The molecule has 1 amide bonds. The lowest BCUT2D eigenvalue weighted by molar-refractivity contribution is -0.118. The van der Waals surface area contributed by atoms with Crippen molar-refractivity contribution in [1.29, 1.82) is 0 Å². The molecule has 1 aliphatic rings. The van der Waals surface area contributed by atoms with Gasteiger partial charge in [0.25, 0.3) is 0 Å². The van der Waals surface area contributed by atoms with Crippen molar-refractivity contribution in [2.45, 2.75) is 58.1 Å². The smallest absolute Gasteiger partial charge is 0.240 e. The van der Waals surface area contributed by atoms with Gasteiger partial charge in [-0.15, -0.1) is 11.8 Å². The number of fused-ring (bicyclic) bond motifs is 1. The number of anilines is 1. The van der Waals surface area contributed by atoms with E-state index in [1.807, 2.05) is 44.4 Å². The molecule has 2 aromatic heterocycles. The number of nitrogens with zero attached hydrogens (tertiary/aromatic N) is 3. The van der Waals surface area contributed by atoms with E-state index < -0.39 is 4.75 Å². The number of hydrogen-bond acceptors (Lipinski definition) is 8. The van der Waals surface area contributed by atoms with Crippen molar-refractivity contribution < 1.29 is 14.0 Å². The fraction of sp³-hybridized carbons (Fsp3) is 0.341. The summed E-state index contributed by atoms with van der Waals surface area (Å²) in [6.45, 7) is 11.1. The van der Waals surface area contributed by atoms with Crippen LogP contribution in [0.3, 0.4) is 0 Å². The van der Waals surface area contributed by atoms with Crippen LogP contribution >= 0.6 is 11.8 Å². The minimum atomic E-state index is -0.457. The minimum absolute atomic E-state index is 0.00891. The third-order valence-electron chi connectivity index (χ3n) is 8.64. The summed E-state index contributed by atoms with van der Waals surface area (Å²) in [5.74, 6) is 0.704. The van der Waals surface area contributed by atoms with Crippen molar-refractivity contribution in [1.82, 2.24) is 30.8 Å². The number of likely N-dealkylation sites (N-methyl/N-ethyl adjacent to an activating group) is 1. The zero-order valence-electron chi connectivity index (χ0n) is 30.8. The Balaban J connectivity index is 0.000000207. The standard InChI is InChI=1S/C21H24FN3OS.C15H15N3.C5H11NO/c1-4-5-12-21(2,27-3)20(26)23-16-10-11-18-17(13-16)19(25-24-18)14-6-8-15(22)9-7-14;1-8-17-15(18-9-1)14-4-2-12(3-5-14)13-6-10-16-11-7-13;1-3-6-4-5(2)7/h6-11,13H,4-5,12H2,1-3H3,(H,23,26)(H,24,25);1-6,8-9,16H,7,10-11H2;6H,3-4H2,1-2H3/t21-;;/m0../s1. The van der Waals surface area contributed by atoms with Crippen molar-refractivity contribution in [3.63, 3.8) is 0 Å². The van der Waals surface area contributed by atoms with Crippen LogP contribution in [0.5, 0.6) is 0 Å². The van der Waals surface area contributed by atoms with E-state index in [1.54, 1.807) is 43.2 Å². The average Bonchev–Trinajstić information content (AvgIpc) is 3.61. The molecule has 4 N–H and O–H groups in total. The quantitative estimate of drug-likeness (QED) is 0.101. The van der Waals surface area contributed by atoms with Crippen molar-refractivity contribution in [3.05, 3.63) is 103 Å². The molecule has 6 rings (SSSR count). The second-order valence-electron chi connectivity index (χ2n) is 12.6. The van der Waals surface area contributed by atoms with Crippen LogP contribution in [0, 0.1) is 5.82 Å². The number of carbonyl (C=O) groups excluding carboxylic acids is 2. The molecule has 274 valence electrons. The molecule has 0 saturated carbocycles. The maximum absolute atomic E-state index is 13.2. The molecule has 1 atom stereocenters. The number of benzene rings is 3. The van der Waals surface area contributed by atoms with Crippen LogP contribution in [-0.4, -0.2) is 69.0 Å². The second-order valence-corrected chi connectivity index (χ2v) is 14.0. The van der Waals surface area contributed by atoms with E-state index >= 15 is 0 Å². The van der Waals surface area contributed by atoms with Gasteiger partial charge in [0.2, 0.25) is 5.91 Å². The SMILES string of the molecule is C1=C(c2ccc(-c3ncccn3)cc2)CCNC1.CCCC[C@](C)(SC)C(=O)Nc1ccc2[nH]nc(-c3ccc(F)cc3)c2c1.CCNCC(C)=O. The molecule has 0 aliphatic carbocycles. The highest BCUT2D eigenvalue weighted by molar-refractivity contribution is 8.00. The van der Waals surface area contributed by atoms with Gasteiger partial charge in [-0.05, 0) is 106 Å². The first-order valence-corrected chi connectivity index (χ1v) is 19.0. The highest BCUT2D eigenvalue weighted by atomic mass is 32.2. The average molecular weight is 724 g/mol. The third-order valence-corrected chi connectivity index (χ3v) is 9.93. The van der Waals surface area contributed by atoms with Crippen LogP contribution in [0.1, 0.15) is 58.9 Å². The lowest BCUT2D eigenvalue weighted by Crippen LogP contribution is -2.36. The summed E-state index contributed by atoms with van der Waals surface area (Å²) in [7, 11) is 0. The predicted molar refractivity (Wildman–Crippen MR) is 214 cm³/mol. The molecule has 52 heavy (non-hydrogen) atoms. The molecular weight excluding hydrogens is 674 g/mol. The zero-order chi connectivity index (χ0) is 37.3. The molecule has 0 fully saturated rings. The molecule has 1 aliphatic heterocycles. The molecule has 11 heteroatoms. The first kappa shape index (κ1) is 40.1. The Labute approximate surface area is 310 Å². The van der Waals surface area contributed by atoms with E-state index in [2.05, 4.69) is 73.4 Å².